The van der Waals surface area contributed by atoms with Gasteiger partial charge in [-0.05, 0) is 67.3 Å². The number of carbonyl (C=O) groups excluding carboxylic acids is 1. The standard InChI is InChI=1S/C25H22F2N4O/c1-14-10-15(2)12-17(11-14)29-25(32)31-9-7-18-19-4-3-8-28-24(19)30-22(18)23(31)20-6-5-16(26)13-21(20)27/h3-6,8,10-13,23H,7,9H2,1-2H3,(H,28,30)(H,29,32). The van der Waals surface area contributed by atoms with Gasteiger partial charge in [-0.2, -0.15) is 0 Å². The minimum atomic E-state index is -0.737. The first kappa shape index (κ1) is 20.2. The molecule has 0 spiro atoms. The van der Waals surface area contributed by atoms with Crippen LogP contribution in [0.4, 0.5) is 19.3 Å². The van der Waals surface area contributed by atoms with Gasteiger partial charge in [-0.1, -0.05) is 12.1 Å². The van der Waals surface area contributed by atoms with Crippen LogP contribution in [-0.4, -0.2) is 27.4 Å². The molecular formula is C25H22F2N4O. The second-order valence-electron chi connectivity index (χ2n) is 8.24. The van der Waals surface area contributed by atoms with Crippen molar-refractivity contribution in [3.8, 4) is 0 Å². The largest absolute Gasteiger partial charge is 0.341 e. The Bertz CT molecular complexity index is 1330. The van der Waals surface area contributed by atoms with E-state index in [0.29, 0.717) is 30.0 Å². The number of aryl methyl sites for hydroxylation is 2. The zero-order chi connectivity index (χ0) is 22.4. The fourth-order valence-corrected chi connectivity index (χ4v) is 4.62. The van der Waals surface area contributed by atoms with Gasteiger partial charge in [0, 0.05) is 41.1 Å². The van der Waals surface area contributed by atoms with Crippen molar-refractivity contribution in [3.63, 3.8) is 0 Å². The van der Waals surface area contributed by atoms with Crippen molar-refractivity contribution in [1.29, 1.82) is 0 Å². The highest BCUT2D eigenvalue weighted by Gasteiger charge is 2.36. The van der Waals surface area contributed by atoms with Crippen LogP contribution in [0.1, 0.15) is 34.0 Å². The first-order chi connectivity index (χ1) is 15.4. The highest BCUT2D eigenvalue weighted by Crippen LogP contribution is 2.39. The molecule has 0 fully saturated rings. The SMILES string of the molecule is Cc1cc(C)cc(NC(=O)N2CCc3c([nH]c4ncccc34)C2c2ccc(F)cc2F)c1. The number of hydrogen-bond donors (Lipinski definition) is 2. The average Bonchev–Trinajstić information content (AvgIpc) is 3.11. The molecule has 0 aliphatic carbocycles. The number of aromatic amines is 1. The molecule has 5 nitrogen and oxygen atoms in total. The molecule has 3 heterocycles. The second-order valence-corrected chi connectivity index (χ2v) is 8.24. The maximum absolute atomic E-state index is 14.9. The Labute approximate surface area is 184 Å². The van der Waals surface area contributed by atoms with Gasteiger partial charge in [0.15, 0.2) is 0 Å². The third-order valence-corrected chi connectivity index (χ3v) is 5.89. The quantitative estimate of drug-likeness (QED) is 0.431. The number of amides is 2. The summed E-state index contributed by atoms with van der Waals surface area (Å²) in [6.07, 6.45) is 2.28. The van der Waals surface area contributed by atoms with Gasteiger partial charge in [0.25, 0.3) is 0 Å². The van der Waals surface area contributed by atoms with Crippen LogP contribution in [0.25, 0.3) is 11.0 Å². The fraction of sp³-hybridized carbons (Fsp3) is 0.200. The molecule has 2 aromatic carbocycles. The molecule has 32 heavy (non-hydrogen) atoms. The highest BCUT2D eigenvalue weighted by atomic mass is 19.1. The number of H-pyrrole nitrogens is 1. The molecule has 162 valence electrons. The lowest BCUT2D eigenvalue weighted by molar-refractivity contribution is 0.192. The first-order valence-electron chi connectivity index (χ1n) is 10.5. The molecule has 2 amide bonds. The maximum Gasteiger partial charge on any atom is 0.322 e. The summed E-state index contributed by atoms with van der Waals surface area (Å²) < 4.78 is 28.6. The summed E-state index contributed by atoms with van der Waals surface area (Å²) in [4.78, 5) is 22.6. The van der Waals surface area contributed by atoms with Gasteiger partial charge in [-0.25, -0.2) is 18.6 Å². The first-order valence-corrected chi connectivity index (χ1v) is 10.5. The van der Waals surface area contributed by atoms with E-state index in [0.717, 1.165) is 28.1 Å². The number of anilines is 1. The third-order valence-electron chi connectivity index (χ3n) is 5.89. The summed E-state index contributed by atoms with van der Waals surface area (Å²) in [5.41, 5.74) is 5.35. The Kier molecular flexibility index (Phi) is 4.89. The lowest BCUT2D eigenvalue weighted by atomic mass is 9.92. The molecule has 0 saturated carbocycles. The van der Waals surface area contributed by atoms with Crippen LogP contribution in [0.5, 0.6) is 0 Å². The summed E-state index contributed by atoms with van der Waals surface area (Å²) in [5.74, 6) is -1.36. The number of fused-ring (bicyclic) bond motifs is 3. The van der Waals surface area contributed by atoms with E-state index in [1.165, 1.54) is 12.1 Å². The molecule has 1 aliphatic rings. The number of pyridine rings is 1. The van der Waals surface area contributed by atoms with E-state index in [9.17, 15) is 13.6 Å². The van der Waals surface area contributed by atoms with Crippen molar-refractivity contribution in [2.45, 2.75) is 26.3 Å². The Morgan fingerprint density at radius 1 is 1.12 bits per heavy atom. The lowest BCUT2D eigenvalue weighted by Gasteiger charge is -2.36. The van der Waals surface area contributed by atoms with Crippen molar-refractivity contribution < 1.29 is 13.6 Å². The minimum absolute atomic E-state index is 0.231. The zero-order valence-corrected chi connectivity index (χ0v) is 17.7. The van der Waals surface area contributed by atoms with Gasteiger partial charge >= 0.3 is 6.03 Å². The van der Waals surface area contributed by atoms with E-state index in [1.807, 2.05) is 44.2 Å². The van der Waals surface area contributed by atoms with Crippen LogP contribution in [0.15, 0.2) is 54.7 Å². The monoisotopic (exact) mass is 432 g/mol. The molecule has 1 aliphatic heterocycles. The summed E-state index contributed by atoms with van der Waals surface area (Å²) in [6.45, 7) is 4.31. The molecule has 5 rings (SSSR count). The number of urea groups is 1. The van der Waals surface area contributed by atoms with Crippen molar-refractivity contribution in [2.24, 2.45) is 0 Å². The molecule has 1 unspecified atom stereocenters. The van der Waals surface area contributed by atoms with E-state index < -0.39 is 17.7 Å². The van der Waals surface area contributed by atoms with E-state index in [-0.39, 0.29) is 11.6 Å². The van der Waals surface area contributed by atoms with E-state index in [2.05, 4.69) is 15.3 Å². The normalized spacial score (nSPS) is 15.6. The van der Waals surface area contributed by atoms with Crippen molar-refractivity contribution in [1.82, 2.24) is 14.9 Å². The number of benzene rings is 2. The van der Waals surface area contributed by atoms with E-state index >= 15 is 0 Å². The number of carbonyl (C=O) groups is 1. The molecule has 2 aromatic heterocycles. The van der Waals surface area contributed by atoms with Gasteiger partial charge < -0.3 is 15.2 Å². The molecule has 1 atom stereocenters. The molecule has 0 radical (unpaired) electrons. The number of rotatable bonds is 2. The van der Waals surface area contributed by atoms with Crippen molar-refractivity contribution in [2.75, 3.05) is 11.9 Å². The lowest BCUT2D eigenvalue weighted by Crippen LogP contribution is -2.43. The minimum Gasteiger partial charge on any atom is -0.341 e. The number of nitrogens with one attached hydrogen (secondary N) is 2. The summed E-state index contributed by atoms with van der Waals surface area (Å²) >= 11 is 0. The predicted octanol–water partition coefficient (Wildman–Crippen LogP) is 5.64. The van der Waals surface area contributed by atoms with E-state index in [4.69, 9.17) is 0 Å². The summed E-state index contributed by atoms with van der Waals surface area (Å²) in [5, 5.41) is 3.90. The smallest absolute Gasteiger partial charge is 0.322 e. The van der Waals surface area contributed by atoms with Gasteiger partial charge in [0.05, 0.1) is 0 Å². The van der Waals surface area contributed by atoms with Gasteiger partial charge in [-0.15, -0.1) is 0 Å². The Morgan fingerprint density at radius 2 is 1.91 bits per heavy atom. The van der Waals surface area contributed by atoms with Gasteiger partial charge in [0.1, 0.15) is 23.3 Å². The molecule has 0 saturated heterocycles. The Morgan fingerprint density at radius 3 is 2.66 bits per heavy atom. The number of aromatic nitrogens is 2. The number of hydrogen-bond acceptors (Lipinski definition) is 2. The highest BCUT2D eigenvalue weighted by molar-refractivity contribution is 5.91. The summed E-state index contributed by atoms with van der Waals surface area (Å²) in [6, 6.07) is 12.0. The van der Waals surface area contributed by atoms with Crippen molar-refractivity contribution >= 4 is 22.8 Å². The van der Waals surface area contributed by atoms with Crippen LogP contribution >= 0.6 is 0 Å². The topological polar surface area (TPSA) is 61.0 Å². The summed E-state index contributed by atoms with van der Waals surface area (Å²) in [7, 11) is 0. The van der Waals surface area contributed by atoms with Crippen LogP contribution in [0.3, 0.4) is 0 Å². The van der Waals surface area contributed by atoms with Crippen LogP contribution in [0, 0.1) is 25.5 Å². The maximum atomic E-state index is 14.9. The third kappa shape index (κ3) is 3.49. The van der Waals surface area contributed by atoms with Crippen LogP contribution in [-0.2, 0) is 6.42 Å². The van der Waals surface area contributed by atoms with Gasteiger partial charge in [0.2, 0.25) is 0 Å². The fourth-order valence-electron chi connectivity index (χ4n) is 4.62. The number of nitrogens with zero attached hydrogens (tertiary/aromatic N) is 2. The second kappa shape index (κ2) is 7.75. The van der Waals surface area contributed by atoms with E-state index in [1.54, 1.807) is 11.1 Å². The predicted molar refractivity (Wildman–Crippen MR) is 120 cm³/mol. The van der Waals surface area contributed by atoms with Crippen LogP contribution in [0.2, 0.25) is 0 Å². The molecular weight excluding hydrogens is 410 g/mol. The number of halogens is 2. The molecule has 2 N–H and O–H groups in total. The van der Waals surface area contributed by atoms with Crippen LogP contribution < -0.4 is 5.32 Å². The zero-order valence-electron chi connectivity index (χ0n) is 17.7. The Hall–Kier alpha value is -3.74. The molecule has 4 aromatic rings. The Balaban J connectivity index is 1.60. The molecule has 0 bridgehead atoms. The molecule has 7 heteroatoms. The van der Waals surface area contributed by atoms with Gasteiger partial charge in [-0.3, -0.25) is 0 Å². The van der Waals surface area contributed by atoms with Crippen molar-refractivity contribution in [3.05, 3.63) is 94.3 Å². The average molecular weight is 432 g/mol.